The van der Waals surface area contributed by atoms with Gasteiger partial charge in [-0.05, 0) is 18.6 Å². The smallest absolute Gasteiger partial charge is 0.251 e. The van der Waals surface area contributed by atoms with Gasteiger partial charge in [-0.1, -0.05) is 0 Å². The molecule has 112 valence electrons. The molecule has 0 aliphatic carbocycles. The molecule has 0 unspecified atom stereocenters. The number of carbonyl (C=O) groups excluding carboxylic acids is 1. The molecule has 0 aliphatic heterocycles. The van der Waals surface area contributed by atoms with E-state index in [0.29, 0.717) is 0 Å². The van der Waals surface area contributed by atoms with Crippen LogP contribution in [0.1, 0.15) is 16.8 Å². The number of rotatable bonds is 6. The third-order valence-corrected chi connectivity index (χ3v) is 3.56. The van der Waals surface area contributed by atoms with Crippen LogP contribution < -0.4 is 10.6 Å². The van der Waals surface area contributed by atoms with Crippen LogP contribution in [0.4, 0.5) is 14.5 Å². The summed E-state index contributed by atoms with van der Waals surface area (Å²) in [6.07, 6.45) is 1.33. The number of nitrogens with one attached hydrogen (secondary N) is 2. The molecule has 0 bridgehead atoms. The summed E-state index contributed by atoms with van der Waals surface area (Å²) in [6.45, 7) is 0.114. The highest BCUT2D eigenvalue weighted by molar-refractivity contribution is 7.90. The Balaban J connectivity index is 2.65. The Bertz CT molecular complexity index is 580. The van der Waals surface area contributed by atoms with Crippen molar-refractivity contribution in [3.05, 3.63) is 29.3 Å². The fourth-order valence-electron chi connectivity index (χ4n) is 1.58. The third kappa shape index (κ3) is 4.76. The first-order chi connectivity index (χ1) is 9.24. The van der Waals surface area contributed by atoms with Gasteiger partial charge in [0, 0.05) is 25.4 Å². The quantitative estimate of drug-likeness (QED) is 0.774. The Morgan fingerprint density at radius 2 is 1.80 bits per heavy atom. The molecule has 20 heavy (non-hydrogen) atoms. The zero-order chi connectivity index (χ0) is 15.3. The molecule has 0 aliphatic rings. The summed E-state index contributed by atoms with van der Waals surface area (Å²) < 4.78 is 48.7. The second-order valence-corrected chi connectivity index (χ2v) is 6.56. The molecule has 0 spiro atoms. The van der Waals surface area contributed by atoms with Crippen molar-refractivity contribution < 1.29 is 22.0 Å². The number of sulfone groups is 1. The van der Waals surface area contributed by atoms with Gasteiger partial charge in [0.05, 0.1) is 5.75 Å². The second-order valence-electron chi connectivity index (χ2n) is 4.30. The van der Waals surface area contributed by atoms with Gasteiger partial charge in [-0.3, -0.25) is 4.79 Å². The molecule has 5 nitrogen and oxygen atoms in total. The van der Waals surface area contributed by atoms with E-state index in [4.69, 9.17) is 0 Å². The number of hydrogen-bond donors (Lipinski definition) is 2. The average Bonchev–Trinajstić information content (AvgIpc) is 2.32. The lowest BCUT2D eigenvalue weighted by Gasteiger charge is -2.08. The van der Waals surface area contributed by atoms with E-state index in [0.717, 1.165) is 18.4 Å². The highest BCUT2D eigenvalue weighted by Gasteiger charge is 2.14. The Morgan fingerprint density at radius 3 is 2.25 bits per heavy atom. The Kier molecular flexibility index (Phi) is 5.43. The topological polar surface area (TPSA) is 75.3 Å². The Labute approximate surface area is 116 Å². The number of carbonyl (C=O) groups is 1. The minimum Gasteiger partial charge on any atom is -0.383 e. The van der Waals surface area contributed by atoms with E-state index in [9.17, 15) is 22.0 Å². The van der Waals surface area contributed by atoms with Crippen molar-refractivity contribution in [1.82, 2.24) is 5.32 Å². The van der Waals surface area contributed by atoms with Gasteiger partial charge >= 0.3 is 0 Å². The van der Waals surface area contributed by atoms with Crippen molar-refractivity contribution in [1.29, 1.82) is 0 Å². The van der Waals surface area contributed by atoms with Crippen molar-refractivity contribution >= 4 is 21.4 Å². The van der Waals surface area contributed by atoms with Crippen LogP contribution in [-0.2, 0) is 9.84 Å². The predicted molar refractivity (Wildman–Crippen MR) is 72.6 cm³/mol. The van der Waals surface area contributed by atoms with Crippen LogP contribution in [0.5, 0.6) is 0 Å². The van der Waals surface area contributed by atoms with Crippen molar-refractivity contribution in [3.8, 4) is 0 Å². The zero-order valence-corrected chi connectivity index (χ0v) is 12.0. The van der Waals surface area contributed by atoms with Gasteiger partial charge in [0.2, 0.25) is 0 Å². The molecule has 1 rings (SSSR count). The average molecular weight is 306 g/mol. The summed E-state index contributed by atoms with van der Waals surface area (Å²) in [7, 11) is -1.72. The van der Waals surface area contributed by atoms with Crippen molar-refractivity contribution in [2.75, 3.05) is 30.9 Å². The van der Waals surface area contributed by atoms with Gasteiger partial charge in [-0.15, -0.1) is 0 Å². The van der Waals surface area contributed by atoms with Crippen LogP contribution in [0.3, 0.4) is 0 Å². The SMILES string of the molecule is CNc1c(F)cc(C(=O)NCCCS(C)(=O)=O)cc1F. The van der Waals surface area contributed by atoms with E-state index in [1.165, 1.54) is 7.05 Å². The molecule has 8 heteroatoms. The minimum absolute atomic E-state index is 0.0608. The van der Waals surface area contributed by atoms with Crippen LogP contribution in [0.2, 0.25) is 0 Å². The molecular formula is C12H16F2N2O3S. The van der Waals surface area contributed by atoms with Crippen LogP contribution in [0.15, 0.2) is 12.1 Å². The Morgan fingerprint density at radius 1 is 1.25 bits per heavy atom. The number of hydrogen-bond acceptors (Lipinski definition) is 4. The van der Waals surface area contributed by atoms with E-state index in [1.54, 1.807) is 0 Å². The number of amides is 1. The molecule has 1 aromatic rings. The van der Waals surface area contributed by atoms with Gasteiger partial charge in [0.25, 0.3) is 5.91 Å². The Hall–Kier alpha value is -1.70. The van der Waals surface area contributed by atoms with Crippen LogP contribution in [0, 0.1) is 11.6 Å². The van der Waals surface area contributed by atoms with E-state index < -0.39 is 27.4 Å². The lowest BCUT2D eigenvalue weighted by molar-refractivity contribution is 0.0953. The summed E-state index contributed by atoms with van der Waals surface area (Å²) >= 11 is 0. The summed E-state index contributed by atoms with van der Waals surface area (Å²) in [5, 5.41) is 4.76. The number of benzene rings is 1. The van der Waals surface area contributed by atoms with Gasteiger partial charge in [-0.25, -0.2) is 17.2 Å². The fraction of sp³-hybridized carbons (Fsp3) is 0.417. The normalized spacial score (nSPS) is 11.2. The molecule has 0 heterocycles. The van der Waals surface area contributed by atoms with E-state index >= 15 is 0 Å². The summed E-state index contributed by atoms with van der Waals surface area (Å²) in [5.41, 5.74) is -0.461. The van der Waals surface area contributed by atoms with Crippen molar-refractivity contribution in [3.63, 3.8) is 0 Å². The maximum atomic E-state index is 13.5. The molecule has 2 N–H and O–H groups in total. The van der Waals surface area contributed by atoms with E-state index in [1.807, 2.05) is 0 Å². The summed E-state index contributed by atoms with van der Waals surface area (Å²) in [4.78, 5) is 11.7. The lowest BCUT2D eigenvalue weighted by Crippen LogP contribution is -2.26. The fourth-order valence-corrected chi connectivity index (χ4v) is 2.25. The summed E-state index contributed by atoms with van der Waals surface area (Å²) in [5.74, 6) is -2.45. The minimum atomic E-state index is -3.09. The third-order valence-electron chi connectivity index (χ3n) is 2.53. The van der Waals surface area contributed by atoms with Crippen molar-refractivity contribution in [2.45, 2.75) is 6.42 Å². The first-order valence-corrected chi connectivity index (χ1v) is 7.93. The molecule has 1 aromatic carbocycles. The largest absolute Gasteiger partial charge is 0.383 e. The lowest BCUT2D eigenvalue weighted by atomic mass is 10.1. The molecule has 0 saturated heterocycles. The van der Waals surface area contributed by atoms with Crippen LogP contribution >= 0.6 is 0 Å². The molecule has 0 radical (unpaired) electrons. The number of anilines is 1. The molecule has 0 fully saturated rings. The standard InChI is InChI=1S/C12H16F2N2O3S/c1-15-11-9(13)6-8(7-10(11)14)12(17)16-4-3-5-20(2,18)19/h6-7,15H,3-5H2,1-2H3,(H,16,17). The van der Waals surface area contributed by atoms with Gasteiger partial charge < -0.3 is 10.6 Å². The van der Waals surface area contributed by atoms with Gasteiger partial charge in [0.1, 0.15) is 27.2 Å². The highest BCUT2D eigenvalue weighted by atomic mass is 32.2. The van der Waals surface area contributed by atoms with E-state index in [2.05, 4.69) is 10.6 Å². The maximum absolute atomic E-state index is 13.5. The molecule has 0 atom stereocenters. The monoisotopic (exact) mass is 306 g/mol. The molecular weight excluding hydrogens is 290 g/mol. The predicted octanol–water partition coefficient (Wildman–Crippen LogP) is 1.17. The molecule has 0 aromatic heterocycles. The first-order valence-electron chi connectivity index (χ1n) is 5.87. The van der Waals surface area contributed by atoms with E-state index in [-0.39, 0.29) is 30.0 Å². The second kappa shape index (κ2) is 6.65. The molecule has 1 amide bonds. The molecule has 0 saturated carbocycles. The first kappa shape index (κ1) is 16.4. The number of halogens is 2. The van der Waals surface area contributed by atoms with Crippen LogP contribution in [0.25, 0.3) is 0 Å². The van der Waals surface area contributed by atoms with Crippen molar-refractivity contribution in [2.24, 2.45) is 0 Å². The summed E-state index contributed by atoms with van der Waals surface area (Å²) in [6, 6.07) is 1.83. The van der Waals surface area contributed by atoms with Gasteiger partial charge in [-0.2, -0.15) is 0 Å². The van der Waals surface area contributed by atoms with Gasteiger partial charge in [0.15, 0.2) is 0 Å². The zero-order valence-electron chi connectivity index (χ0n) is 11.2. The highest BCUT2D eigenvalue weighted by Crippen LogP contribution is 2.20. The van der Waals surface area contributed by atoms with Crippen LogP contribution in [-0.4, -0.2) is 39.9 Å². The maximum Gasteiger partial charge on any atom is 0.251 e.